The molecule has 0 radical (unpaired) electrons. The van der Waals surface area contributed by atoms with Gasteiger partial charge in [0, 0.05) is 11.6 Å². The highest BCUT2D eigenvalue weighted by Crippen LogP contribution is 2.44. The van der Waals surface area contributed by atoms with Crippen molar-refractivity contribution in [1.82, 2.24) is 5.32 Å². The molecule has 4 nitrogen and oxygen atoms in total. The molecule has 106 valence electrons. The number of carbonyl (C=O) groups is 1. The second-order valence-corrected chi connectivity index (χ2v) is 5.62. The summed E-state index contributed by atoms with van der Waals surface area (Å²) in [5, 5.41) is 3.48. The largest absolute Gasteiger partial charge is 0.481 e. The van der Waals surface area contributed by atoms with E-state index in [1.165, 1.54) is 0 Å². The van der Waals surface area contributed by atoms with Gasteiger partial charge in [-0.3, -0.25) is 4.90 Å². The third-order valence-corrected chi connectivity index (χ3v) is 4.16. The van der Waals surface area contributed by atoms with Crippen molar-refractivity contribution in [3.8, 4) is 5.75 Å². The molecule has 2 aromatic rings. The van der Waals surface area contributed by atoms with Gasteiger partial charge in [-0.2, -0.15) is 0 Å². The highest BCUT2D eigenvalue weighted by Gasteiger charge is 2.44. The fourth-order valence-electron chi connectivity index (χ4n) is 2.98. The van der Waals surface area contributed by atoms with Crippen molar-refractivity contribution < 1.29 is 9.53 Å². The van der Waals surface area contributed by atoms with Crippen molar-refractivity contribution in [3.63, 3.8) is 0 Å². The summed E-state index contributed by atoms with van der Waals surface area (Å²) in [7, 11) is 0. The van der Waals surface area contributed by atoms with Crippen LogP contribution in [-0.2, 0) is 0 Å². The molecule has 0 aliphatic carbocycles. The van der Waals surface area contributed by atoms with Crippen molar-refractivity contribution in [2.45, 2.75) is 12.1 Å². The zero-order valence-corrected chi connectivity index (χ0v) is 11.9. The number of ether oxygens (including phenoxy) is 1. The quantitative estimate of drug-likeness (QED) is 0.877. The van der Waals surface area contributed by atoms with E-state index in [9.17, 15) is 4.79 Å². The summed E-state index contributed by atoms with van der Waals surface area (Å²) in [4.78, 5) is 13.9. The van der Waals surface area contributed by atoms with Crippen LogP contribution in [0, 0.1) is 0 Å². The molecule has 0 aromatic heterocycles. The molecular formula is C16H13ClN2O2. The molecule has 2 heterocycles. The Morgan fingerprint density at radius 3 is 2.81 bits per heavy atom. The Balaban J connectivity index is 1.83. The number of halogens is 1. The first-order valence-electron chi connectivity index (χ1n) is 6.82. The normalized spacial score (nSPS) is 23.1. The molecule has 2 aliphatic heterocycles. The number of benzene rings is 2. The Morgan fingerprint density at radius 2 is 2.00 bits per heavy atom. The lowest BCUT2D eigenvalue weighted by Crippen LogP contribution is -2.43. The van der Waals surface area contributed by atoms with Gasteiger partial charge >= 0.3 is 6.03 Å². The number of nitrogens with one attached hydrogen (secondary N) is 1. The summed E-state index contributed by atoms with van der Waals surface area (Å²) in [6.45, 7) is 0.560. The molecule has 1 saturated heterocycles. The van der Waals surface area contributed by atoms with Gasteiger partial charge in [-0.05, 0) is 23.8 Å². The minimum atomic E-state index is -0.182. The van der Waals surface area contributed by atoms with E-state index < -0.39 is 0 Å². The predicted molar refractivity (Wildman–Crippen MR) is 80.9 cm³/mol. The molecule has 21 heavy (non-hydrogen) atoms. The summed E-state index contributed by atoms with van der Waals surface area (Å²) in [6, 6.07) is 15.2. The van der Waals surface area contributed by atoms with Crippen molar-refractivity contribution in [1.29, 1.82) is 0 Å². The maximum atomic E-state index is 12.2. The summed E-state index contributed by atoms with van der Waals surface area (Å²) in [5.74, 6) is 0.682. The number of rotatable bonds is 1. The van der Waals surface area contributed by atoms with Gasteiger partial charge in [0.1, 0.15) is 11.9 Å². The van der Waals surface area contributed by atoms with Gasteiger partial charge in [0.25, 0.3) is 0 Å². The Morgan fingerprint density at radius 1 is 1.19 bits per heavy atom. The number of fused-ring (bicyclic) bond motifs is 3. The van der Waals surface area contributed by atoms with Crippen molar-refractivity contribution >= 4 is 23.3 Å². The topological polar surface area (TPSA) is 41.6 Å². The average Bonchev–Trinajstić information content (AvgIpc) is 2.90. The second-order valence-electron chi connectivity index (χ2n) is 5.18. The molecular weight excluding hydrogens is 288 g/mol. The van der Waals surface area contributed by atoms with Crippen LogP contribution in [0.2, 0.25) is 5.02 Å². The summed E-state index contributed by atoms with van der Waals surface area (Å²) >= 11 is 6.05. The van der Waals surface area contributed by atoms with E-state index in [2.05, 4.69) is 5.32 Å². The van der Waals surface area contributed by atoms with Crippen LogP contribution in [0.15, 0.2) is 48.5 Å². The van der Waals surface area contributed by atoms with Gasteiger partial charge in [-0.1, -0.05) is 41.9 Å². The van der Waals surface area contributed by atoms with Gasteiger partial charge in [0.2, 0.25) is 0 Å². The highest BCUT2D eigenvalue weighted by atomic mass is 35.5. The van der Waals surface area contributed by atoms with Crippen molar-refractivity contribution in [3.05, 3.63) is 59.1 Å². The summed E-state index contributed by atoms with van der Waals surface area (Å²) < 4.78 is 6.14. The van der Waals surface area contributed by atoms with E-state index >= 15 is 0 Å². The minimum absolute atomic E-state index is 0.0640. The van der Waals surface area contributed by atoms with Crippen LogP contribution in [-0.4, -0.2) is 18.6 Å². The van der Waals surface area contributed by atoms with Crippen LogP contribution < -0.4 is 15.0 Å². The lowest BCUT2D eigenvalue weighted by atomic mass is 9.99. The van der Waals surface area contributed by atoms with Crippen LogP contribution >= 0.6 is 11.6 Å². The van der Waals surface area contributed by atoms with Gasteiger partial charge in [0.05, 0.1) is 11.7 Å². The molecule has 1 fully saturated rings. The summed E-state index contributed by atoms with van der Waals surface area (Å²) in [6.07, 6.45) is -0.182. The number of urea groups is 1. The third-order valence-electron chi connectivity index (χ3n) is 3.92. The number of nitrogens with zero attached hydrogens (tertiary/aromatic N) is 1. The lowest BCUT2D eigenvalue weighted by Gasteiger charge is -2.37. The Bertz CT molecular complexity index is 705. The lowest BCUT2D eigenvalue weighted by molar-refractivity contribution is 0.165. The Kier molecular flexibility index (Phi) is 2.79. The van der Waals surface area contributed by atoms with E-state index in [0.717, 1.165) is 11.3 Å². The molecule has 0 bridgehead atoms. The molecule has 2 aromatic carbocycles. The standard InChI is InChI=1S/C16H13ClN2O2/c17-11-6-7-14-12(8-11)19-13(9-18-16(19)20)15(21-14)10-4-2-1-3-5-10/h1-8,13,15H,9H2,(H,18,20). The number of anilines is 1. The van der Waals surface area contributed by atoms with Crippen LogP contribution in [0.4, 0.5) is 10.5 Å². The number of hydrogen-bond donors (Lipinski definition) is 1. The van der Waals surface area contributed by atoms with Crippen LogP contribution in [0.25, 0.3) is 0 Å². The number of hydrogen-bond acceptors (Lipinski definition) is 2. The van der Waals surface area contributed by atoms with Gasteiger partial charge in [0.15, 0.2) is 0 Å². The SMILES string of the molecule is O=C1NCC2C(c3ccccc3)Oc3ccc(Cl)cc3N12. The minimum Gasteiger partial charge on any atom is -0.481 e. The van der Waals surface area contributed by atoms with Gasteiger partial charge in [-0.25, -0.2) is 4.79 Å². The van der Waals surface area contributed by atoms with Crippen LogP contribution in [0.3, 0.4) is 0 Å². The third kappa shape index (κ3) is 1.94. The molecule has 1 N–H and O–H groups in total. The molecule has 5 heteroatoms. The molecule has 2 amide bonds. The monoisotopic (exact) mass is 300 g/mol. The van der Waals surface area contributed by atoms with Crippen LogP contribution in [0.1, 0.15) is 11.7 Å². The zero-order chi connectivity index (χ0) is 14.4. The molecule has 2 unspecified atom stereocenters. The Labute approximate surface area is 127 Å². The fraction of sp³-hybridized carbons (Fsp3) is 0.188. The number of amides is 2. The van der Waals surface area contributed by atoms with Crippen molar-refractivity contribution in [2.75, 3.05) is 11.4 Å². The zero-order valence-electron chi connectivity index (χ0n) is 11.1. The maximum absolute atomic E-state index is 12.2. The highest BCUT2D eigenvalue weighted by molar-refractivity contribution is 6.31. The molecule has 2 aliphatic rings. The van der Waals surface area contributed by atoms with Gasteiger partial charge in [-0.15, -0.1) is 0 Å². The molecule has 0 saturated carbocycles. The Hall–Kier alpha value is -2.20. The first-order valence-corrected chi connectivity index (χ1v) is 7.20. The fourth-order valence-corrected chi connectivity index (χ4v) is 3.14. The van der Waals surface area contributed by atoms with Crippen molar-refractivity contribution in [2.24, 2.45) is 0 Å². The smallest absolute Gasteiger partial charge is 0.322 e. The molecule has 2 atom stereocenters. The van der Waals surface area contributed by atoms with Gasteiger partial charge < -0.3 is 10.1 Å². The van der Waals surface area contributed by atoms with E-state index in [0.29, 0.717) is 17.3 Å². The predicted octanol–water partition coefficient (Wildman–Crippen LogP) is 3.37. The molecule has 0 spiro atoms. The second kappa shape index (κ2) is 4.67. The van der Waals surface area contributed by atoms with Crippen LogP contribution in [0.5, 0.6) is 5.75 Å². The maximum Gasteiger partial charge on any atom is 0.322 e. The number of carbonyl (C=O) groups excluding carboxylic acids is 1. The van der Waals surface area contributed by atoms with E-state index in [1.807, 2.05) is 36.4 Å². The average molecular weight is 301 g/mol. The van der Waals surface area contributed by atoms with E-state index in [1.54, 1.807) is 17.0 Å². The first-order chi connectivity index (χ1) is 10.2. The molecule has 4 rings (SSSR count). The van der Waals surface area contributed by atoms with E-state index in [4.69, 9.17) is 16.3 Å². The first kappa shape index (κ1) is 12.5. The summed E-state index contributed by atoms with van der Waals surface area (Å²) in [5.41, 5.74) is 1.79. The van der Waals surface area contributed by atoms with E-state index in [-0.39, 0.29) is 18.2 Å².